The van der Waals surface area contributed by atoms with Gasteiger partial charge in [0.15, 0.2) is 0 Å². The first-order valence-electron chi connectivity index (χ1n) is 19.2. The van der Waals surface area contributed by atoms with Crippen LogP contribution < -0.4 is 0 Å². The molecule has 0 aromatic rings. The predicted octanol–water partition coefficient (Wildman–Crippen LogP) is 8.62. The van der Waals surface area contributed by atoms with Crippen molar-refractivity contribution in [2.45, 2.75) is 155 Å². The summed E-state index contributed by atoms with van der Waals surface area (Å²) in [6.45, 7) is 24.2. The van der Waals surface area contributed by atoms with Crippen LogP contribution in [0, 0.1) is 46.8 Å². The molecule has 0 aromatic carbocycles. The molecule has 8 aliphatic rings. The third kappa shape index (κ3) is 7.94. The molecule has 8 fully saturated rings. The molecular formula is C42H62O8. The zero-order valence-corrected chi connectivity index (χ0v) is 31.8. The Morgan fingerprint density at radius 3 is 1.72 bits per heavy atom. The zero-order chi connectivity index (χ0) is 36.8. The molecule has 8 nitrogen and oxygen atoms in total. The third-order valence-corrected chi connectivity index (χ3v) is 13.3. The molecule has 0 spiro atoms. The standard InChI is InChI=1S/C17H26O2.C13H22O2.C12H14O4/c1-11(2)15(18)19-16(3,4)17-8-12-5-13(9-17)7-14(6-12)10-17;1-10(2)12(14)15-13(3,4)11-8-6-5-7-9-11;1-5(2)11(13)15-9-6-3-7-8(4-6)12(14)16-10(7)9/h12-14H,1,5-10H2,2-4H3;11H,1,5-9H2,2-4H3;6-10H,1,3-4H2,2H3. The van der Waals surface area contributed by atoms with Crippen LogP contribution in [0.3, 0.4) is 0 Å². The van der Waals surface area contributed by atoms with Crippen molar-refractivity contribution in [3.8, 4) is 0 Å². The molecule has 8 rings (SSSR count). The van der Waals surface area contributed by atoms with Gasteiger partial charge in [-0.05, 0) is 136 Å². The summed E-state index contributed by atoms with van der Waals surface area (Å²) in [5, 5.41) is 0. The summed E-state index contributed by atoms with van der Waals surface area (Å²) in [5.41, 5.74) is 0.933. The monoisotopic (exact) mass is 694 g/mol. The smallest absolute Gasteiger partial charge is 0.333 e. The van der Waals surface area contributed by atoms with E-state index in [1.54, 1.807) is 20.8 Å². The normalized spacial score (nSPS) is 34.7. The average Bonchev–Trinajstić information content (AvgIpc) is 3.66. The molecule has 7 saturated carbocycles. The van der Waals surface area contributed by atoms with Gasteiger partial charge >= 0.3 is 23.9 Å². The fourth-order valence-corrected chi connectivity index (χ4v) is 10.8. The van der Waals surface area contributed by atoms with E-state index >= 15 is 0 Å². The summed E-state index contributed by atoms with van der Waals surface area (Å²) in [5.74, 6) is 2.84. The van der Waals surface area contributed by atoms with Gasteiger partial charge in [-0.15, -0.1) is 0 Å². The van der Waals surface area contributed by atoms with E-state index in [0.717, 1.165) is 30.6 Å². The number of esters is 4. The Morgan fingerprint density at radius 1 is 0.720 bits per heavy atom. The van der Waals surface area contributed by atoms with Crippen molar-refractivity contribution < 1.29 is 38.1 Å². The lowest BCUT2D eigenvalue weighted by Gasteiger charge is -2.61. The molecule has 1 aliphatic heterocycles. The molecule has 0 N–H and O–H groups in total. The largest absolute Gasteiger partial charge is 0.458 e. The number of hydrogen-bond acceptors (Lipinski definition) is 8. The predicted molar refractivity (Wildman–Crippen MR) is 191 cm³/mol. The van der Waals surface area contributed by atoms with Crippen LogP contribution in [0.1, 0.15) is 132 Å². The second-order valence-electron chi connectivity index (χ2n) is 18.0. The Balaban J connectivity index is 0.000000147. The number of fused-ring (bicyclic) bond motifs is 1. The van der Waals surface area contributed by atoms with Crippen LogP contribution in [0.15, 0.2) is 36.5 Å². The quantitative estimate of drug-likeness (QED) is 0.141. The van der Waals surface area contributed by atoms with E-state index in [-0.39, 0.29) is 64.5 Å². The van der Waals surface area contributed by atoms with E-state index in [1.807, 2.05) is 13.8 Å². The molecule has 5 unspecified atom stereocenters. The van der Waals surface area contributed by atoms with Gasteiger partial charge in [0.25, 0.3) is 0 Å². The molecule has 7 aliphatic carbocycles. The van der Waals surface area contributed by atoms with Crippen LogP contribution in [0.25, 0.3) is 0 Å². The average molecular weight is 695 g/mol. The van der Waals surface area contributed by atoms with Crippen molar-refractivity contribution in [3.63, 3.8) is 0 Å². The van der Waals surface area contributed by atoms with Crippen molar-refractivity contribution in [2.75, 3.05) is 0 Å². The molecule has 0 radical (unpaired) electrons. The Labute approximate surface area is 300 Å². The minimum atomic E-state index is -0.378. The van der Waals surface area contributed by atoms with Gasteiger partial charge in [-0.1, -0.05) is 39.0 Å². The van der Waals surface area contributed by atoms with E-state index in [1.165, 1.54) is 70.6 Å². The maximum atomic E-state index is 11.9. The topological polar surface area (TPSA) is 105 Å². The minimum Gasteiger partial charge on any atom is -0.458 e. The van der Waals surface area contributed by atoms with E-state index in [0.29, 0.717) is 28.6 Å². The number of ether oxygens (including phenoxy) is 4. The van der Waals surface area contributed by atoms with E-state index in [2.05, 4.69) is 33.6 Å². The Bertz CT molecular complexity index is 1340. The zero-order valence-electron chi connectivity index (χ0n) is 31.8. The molecule has 1 heterocycles. The van der Waals surface area contributed by atoms with Crippen LogP contribution in [-0.2, 0) is 38.1 Å². The SMILES string of the molecule is C=C(C)C(=O)OC(C)(C)C12CC3CC(CC(C3)C1)C2.C=C(C)C(=O)OC(C)(C)C1CCCCC1.C=C(C)C(=O)OC1C2CC3C(=O)OC1C3C2. The van der Waals surface area contributed by atoms with Crippen LogP contribution in [0.5, 0.6) is 0 Å². The second-order valence-corrected chi connectivity index (χ2v) is 18.0. The van der Waals surface area contributed by atoms with Gasteiger partial charge in [0.05, 0.1) is 5.92 Å². The lowest BCUT2D eigenvalue weighted by Crippen LogP contribution is -2.57. The number of carbonyl (C=O) groups is 4. The maximum absolute atomic E-state index is 11.9. The molecule has 278 valence electrons. The van der Waals surface area contributed by atoms with Crippen LogP contribution in [-0.4, -0.2) is 47.3 Å². The van der Waals surface area contributed by atoms with Gasteiger partial charge in [-0.2, -0.15) is 0 Å². The highest BCUT2D eigenvalue weighted by atomic mass is 16.6. The van der Waals surface area contributed by atoms with Crippen molar-refractivity contribution in [3.05, 3.63) is 36.5 Å². The minimum absolute atomic E-state index is 0.0646. The number of carbonyl (C=O) groups excluding carboxylic acids is 4. The van der Waals surface area contributed by atoms with Crippen molar-refractivity contribution in [2.24, 2.45) is 46.8 Å². The van der Waals surface area contributed by atoms with E-state index in [4.69, 9.17) is 18.9 Å². The van der Waals surface area contributed by atoms with Gasteiger partial charge in [-0.25, -0.2) is 14.4 Å². The highest BCUT2D eigenvalue weighted by molar-refractivity contribution is 5.88. The van der Waals surface area contributed by atoms with Crippen LogP contribution >= 0.6 is 0 Å². The van der Waals surface area contributed by atoms with Gasteiger partial charge in [-0.3, -0.25) is 4.79 Å². The molecule has 5 atom stereocenters. The first kappa shape index (κ1) is 38.3. The number of rotatable bonds is 8. The second kappa shape index (κ2) is 14.6. The Kier molecular flexibility index (Phi) is 11.2. The van der Waals surface area contributed by atoms with Crippen molar-refractivity contribution in [1.82, 2.24) is 0 Å². The third-order valence-electron chi connectivity index (χ3n) is 13.3. The summed E-state index contributed by atoms with van der Waals surface area (Å²) in [6, 6.07) is 0. The molecular weight excluding hydrogens is 632 g/mol. The summed E-state index contributed by atoms with van der Waals surface area (Å²) >= 11 is 0. The lowest BCUT2D eigenvalue weighted by molar-refractivity contribution is -0.195. The van der Waals surface area contributed by atoms with Crippen LogP contribution in [0.2, 0.25) is 0 Å². The summed E-state index contributed by atoms with van der Waals surface area (Å²) in [4.78, 5) is 46.4. The summed E-state index contributed by atoms with van der Waals surface area (Å²) < 4.78 is 22.0. The molecule has 0 amide bonds. The van der Waals surface area contributed by atoms with E-state index < -0.39 is 0 Å². The fraction of sp³-hybridized carbons (Fsp3) is 0.762. The molecule has 1 saturated heterocycles. The molecule has 6 bridgehead atoms. The molecule has 0 aromatic heterocycles. The highest BCUT2D eigenvalue weighted by Gasteiger charge is 2.63. The Morgan fingerprint density at radius 2 is 1.22 bits per heavy atom. The summed E-state index contributed by atoms with van der Waals surface area (Å²) in [6.07, 6.45) is 15.6. The van der Waals surface area contributed by atoms with Gasteiger partial charge in [0.2, 0.25) is 0 Å². The van der Waals surface area contributed by atoms with Gasteiger partial charge < -0.3 is 18.9 Å². The lowest BCUT2D eigenvalue weighted by atomic mass is 9.46. The first-order valence-corrected chi connectivity index (χ1v) is 19.2. The maximum Gasteiger partial charge on any atom is 0.333 e. The van der Waals surface area contributed by atoms with Gasteiger partial charge in [0, 0.05) is 34.0 Å². The summed E-state index contributed by atoms with van der Waals surface area (Å²) in [7, 11) is 0. The number of hydrogen-bond donors (Lipinski definition) is 0. The molecule has 50 heavy (non-hydrogen) atoms. The Hall–Kier alpha value is -2.90. The van der Waals surface area contributed by atoms with Crippen molar-refractivity contribution in [1.29, 1.82) is 0 Å². The fourth-order valence-electron chi connectivity index (χ4n) is 10.8. The highest BCUT2D eigenvalue weighted by Crippen LogP contribution is 2.64. The van der Waals surface area contributed by atoms with Gasteiger partial charge in [0.1, 0.15) is 23.4 Å². The van der Waals surface area contributed by atoms with Crippen LogP contribution in [0.4, 0.5) is 0 Å². The van der Waals surface area contributed by atoms with Crippen molar-refractivity contribution >= 4 is 23.9 Å². The first-order chi connectivity index (χ1) is 23.3. The van der Waals surface area contributed by atoms with E-state index in [9.17, 15) is 19.2 Å². The molecule has 8 heteroatoms.